The smallest absolute Gasteiger partial charge is 0.261 e. The Labute approximate surface area is 153 Å². The zero-order valence-electron chi connectivity index (χ0n) is 14.9. The van der Waals surface area contributed by atoms with Gasteiger partial charge in [-0.25, -0.2) is 4.98 Å². The molecule has 2 heterocycles. The van der Waals surface area contributed by atoms with Gasteiger partial charge in [0.05, 0.1) is 17.1 Å². The molecule has 0 spiro atoms. The van der Waals surface area contributed by atoms with Crippen LogP contribution in [0.3, 0.4) is 0 Å². The van der Waals surface area contributed by atoms with E-state index in [1.165, 1.54) is 0 Å². The van der Waals surface area contributed by atoms with Gasteiger partial charge in [0.15, 0.2) is 6.61 Å². The van der Waals surface area contributed by atoms with Crippen molar-refractivity contribution in [3.8, 4) is 5.75 Å². The molecule has 0 radical (unpaired) electrons. The molecule has 4 rings (SSSR count). The first-order valence-electron chi connectivity index (χ1n) is 9.21. The summed E-state index contributed by atoms with van der Waals surface area (Å²) in [4.78, 5) is 22.7. The molecule has 1 aliphatic heterocycles. The second kappa shape index (κ2) is 7.20. The van der Waals surface area contributed by atoms with Gasteiger partial charge in [0.2, 0.25) is 0 Å². The van der Waals surface area contributed by atoms with Crippen LogP contribution in [0.2, 0.25) is 0 Å². The van der Waals surface area contributed by atoms with Crippen LogP contribution in [0.5, 0.6) is 5.75 Å². The minimum atomic E-state index is -0.0000751. The number of aromatic nitrogens is 2. The summed E-state index contributed by atoms with van der Waals surface area (Å²) < 4.78 is 5.82. The number of amides is 1. The predicted octanol–water partition coefficient (Wildman–Crippen LogP) is 3.87. The van der Waals surface area contributed by atoms with Crippen molar-refractivity contribution in [2.75, 3.05) is 13.2 Å². The number of carbonyl (C=O) groups excluding carboxylic acids is 1. The van der Waals surface area contributed by atoms with Gasteiger partial charge in [-0.3, -0.25) is 4.79 Å². The number of para-hydroxylation sites is 3. The molecule has 1 saturated heterocycles. The third kappa shape index (κ3) is 3.17. The van der Waals surface area contributed by atoms with Gasteiger partial charge < -0.3 is 14.6 Å². The Morgan fingerprint density at radius 1 is 1.23 bits per heavy atom. The van der Waals surface area contributed by atoms with Crippen LogP contribution < -0.4 is 4.74 Å². The Balaban J connectivity index is 1.48. The van der Waals surface area contributed by atoms with Crippen LogP contribution in [0.1, 0.15) is 37.2 Å². The highest BCUT2D eigenvalue weighted by Gasteiger charge is 2.32. The van der Waals surface area contributed by atoms with E-state index in [0.29, 0.717) is 0 Å². The van der Waals surface area contributed by atoms with E-state index in [0.717, 1.165) is 54.0 Å². The number of aryl methyl sites for hydroxylation is 1. The summed E-state index contributed by atoms with van der Waals surface area (Å²) in [5, 5.41) is 0. The molecule has 2 aromatic carbocycles. The molecular formula is C21H23N3O2. The number of hydrogen-bond donors (Lipinski definition) is 1. The van der Waals surface area contributed by atoms with E-state index in [9.17, 15) is 4.79 Å². The lowest BCUT2D eigenvalue weighted by Gasteiger charge is -2.23. The van der Waals surface area contributed by atoms with Crippen molar-refractivity contribution in [3.63, 3.8) is 0 Å². The van der Waals surface area contributed by atoms with Gasteiger partial charge in [0.1, 0.15) is 11.6 Å². The number of aromatic amines is 1. The fraction of sp³-hybridized carbons (Fsp3) is 0.333. The summed E-state index contributed by atoms with van der Waals surface area (Å²) >= 11 is 0. The molecule has 1 unspecified atom stereocenters. The van der Waals surface area contributed by atoms with E-state index in [1.807, 2.05) is 53.4 Å². The Hall–Kier alpha value is -2.82. The number of fused-ring (bicyclic) bond motifs is 1. The summed E-state index contributed by atoms with van der Waals surface area (Å²) in [6.45, 7) is 2.90. The lowest BCUT2D eigenvalue weighted by atomic mass is 10.1. The van der Waals surface area contributed by atoms with Gasteiger partial charge in [-0.15, -0.1) is 0 Å². The Bertz CT molecular complexity index is 885. The molecule has 134 valence electrons. The molecule has 1 aromatic heterocycles. The van der Waals surface area contributed by atoms with Crippen molar-refractivity contribution >= 4 is 16.9 Å². The number of imidazole rings is 1. The number of H-pyrrole nitrogens is 1. The summed E-state index contributed by atoms with van der Waals surface area (Å²) in [6.07, 6.45) is 2.80. The Morgan fingerprint density at radius 3 is 2.88 bits per heavy atom. The maximum Gasteiger partial charge on any atom is 0.261 e. The van der Waals surface area contributed by atoms with Crippen molar-refractivity contribution in [2.45, 2.75) is 32.2 Å². The number of benzene rings is 2. The monoisotopic (exact) mass is 349 g/mol. The largest absolute Gasteiger partial charge is 0.483 e. The van der Waals surface area contributed by atoms with Gasteiger partial charge >= 0.3 is 0 Å². The van der Waals surface area contributed by atoms with Crippen LogP contribution in [0.4, 0.5) is 0 Å². The highest BCUT2D eigenvalue weighted by atomic mass is 16.5. The highest BCUT2D eigenvalue weighted by molar-refractivity contribution is 5.79. The third-order valence-corrected chi connectivity index (χ3v) is 5.00. The maximum atomic E-state index is 12.8. The number of nitrogens with zero attached hydrogens (tertiary/aromatic N) is 2. The molecule has 1 aliphatic rings. The molecule has 5 nitrogen and oxygen atoms in total. The number of hydrogen-bond acceptors (Lipinski definition) is 3. The van der Waals surface area contributed by atoms with Crippen LogP contribution in [0, 0.1) is 0 Å². The maximum absolute atomic E-state index is 12.8. The Morgan fingerprint density at radius 2 is 2.04 bits per heavy atom. The van der Waals surface area contributed by atoms with Crippen LogP contribution >= 0.6 is 0 Å². The van der Waals surface area contributed by atoms with Crippen LogP contribution in [0.25, 0.3) is 11.0 Å². The van der Waals surface area contributed by atoms with Gasteiger partial charge in [-0.2, -0.15) is 0 Å². The first-order chi connectivity index (χ1) is 12.8. The second-order valence-corrected chi connectivity index (χ2v) is 6.63. The highest BCUT2D eigenvalue weighted by Crippen LogP contribution is 2.31. The molecule has 3 aromatic rings. The zero-order chi connectivity index (χ0) is 17.9. The van der Waals surface area contributed by atoms with Crippen molar-refractivity contribution in [2.24, 2.45) is 0 Å². The van der Waals surface area contributed by atoms with E-state index in [1.54, 1.807) is 0 Å². The van der Waals surface area contributed by atoms with E-state index in [2.05, 4.69) is 16.9 Å². The molecular weight excluding hydrogens is 326 g/mol. The van der Waals surface area contributed by atoms with E-state index in [-0.39, 0.29) is 18.6 Å². The van der Waals surface area contributed by atoms with Crippen molar-refractivity contribution in [1.29, 1.82) is 0 Å². The molecule has 5 heteroatoms. The van der Waals surface area contributed by atoms with E-state index in [4.69, 9.17) is 4.74 Å². The van der Waals surface area contributed by atoms with E-state index < -0.39 is 0 Å². The number of rotatable bonds is 5. The van der Waals surface area contributed by atoms with Crippen molar-refractivity contribution < 1.29 is 9.53 Å². The second-order valence-electron chi connectivity index (χ2n) is 6.63. The van der Waals surface area contributed by atoms with Gasteiger partial charge in [0.25, 0.3) is 5.91 Å². The summed E-state index contributed by atoms with van der Waals surface area (Å²) in [5.41, 5.74) is 3.07. The third-order valence-electron chi connectivity index (χ3n) is 5.00. The average molecular weight is 349 g/mol. The average Bonchev–Trinajstić information content (AvgIpc) is 3.32. The standard InChI is InChI=1S/C21H23N3O2/c1-2-15-8-3-6-12-19(15)26-14-20(25)24-13-7-11-18(24)21-22-16-9-4-5-10-17(16)23-21/h3-6,8-10,12,18H,2,7,11,13-14H2,1H3,(H,22,23). The van der Waals surface area contributed by atoms with E-state index >= 15 is 0 Å². The fourth-order valence-corrected chi connectivity index (χ4v) is 3.64. The van der Waals surface area contributed by atoms with Crippen LogP contribution in [-0.2, 0) is 11.2 Å². The summed E-state index contributed by atoms with van der Waals surface area (Å²) in [5.74, 6) is 1.67. The number of carbonyl (C=O) groups is 1. The van der Waals surface area contributed by atoms with Crippen molar-refractivity contribution in [3.05, 3.63) is 59.9 Å². The van der Waals surface area contributed by atoms with Gasteiger partial charge in [-0.05, 0) is 43.0 Å². The molecule has 0 saturated carbocycles. The number of nitrogens with one attached hydrogen (secondary N) is 1. The normalized spacial score (nSPS) is 17.0. The molecule has 1 fully saturated rings. The molecule has 1 N–H and O–H groups in total. The molecule has 1 amide bonds. The minimum absolute atomic E-state index is 0.0000751. The summed E-state index contributed by atoms with van der Waals surface area (Å²) in [7, 11) is 0. The molecule has 0 bridgehead atoms. The van der Waals surface area contributed by atoms with Gasteiger partial charge in [-0.1, -0.05) is 37.3 Å². The number of likely N-dealkylation sites (tertiary alicyclic amines) is 1. The molecule has 1 atom stereocenters. The fourth-order valence-electron chi connectivity index (χ4n) is 3.64. The van der Waals surface area contributed by atoms with Crippen LogP contribution in [0.15, 0.2) is 48.5 Å². The topological polar surface area (TPSA) is 58.2 Å². The zero-order valence-corrected chi connectivity index (χ0v) is 14.9. The lowest BCUT2D eigenvalue weighted by molar-refractivity contribution is -0.134. The van der Waals surface area contributed by atoms with Crippen molar-refractivity contribution in [1.82, 2.24) is 14.9 Å². The first kappa shape index (κ1) is 16.6. The SMILES string of the molecule is CCc1ccccc1OCC(=O)N1CCCC1c1nc2ccccc2[nH]1. The molecule has 0 aliphatic carbocycles. The Kier molecular flexibility index (Phi) is 4.61. The molecule has 26 heavy (non-hydrogen) atoms. The summed E-state index contributed by atoms with van der Waals surface area (Å²) in [6, 6.07) is 15.8. The van der Waals surface area contributed by atoms with Gasteiger partial charge in [0, 0.05) is 6.54 Å². The minimum Gasteiger partial charge on any atom is -0.483 e. The lowest BCUT2D eigenvalue weighted by Crippen LogP contribution is -2.35. The van der Waals surface area contributed by atoms with Crippen LogP contribution in [-0.4, -0.2) is 33.9 Å². The quantitative estimate of drug-likeness (QED) is 0.761. The first-order valence-corrected chi connectivity index (χ1v) is 9.21. The number of ether oxygens (including phenoxy) is 1. The predicted molar refractivity (Wildman–Crippen MR) is 101 cm³/mol.